The van der Waals surface area contributed by atoms with Gasteiger partial charge in [-0.1, -0.05) is 42.5 Å². The van der Waals surface area contributed by atoms with Crippen LogP contribution in [0.5, 0.6) is 0 Å². The van der Waals surface area contributed by atoms with Crippen LogP contribution in [0.1, 0.15) is 10.8 Å². The molecule has 0 aliphatic carbocycles. The Morgan fingerprint density at radius 3 is 2.28 bits per heavy atom. The lowest BCUT2D eigenvalue weighted by atomic mass is 10.1. The molecule has 1 unspecified atom stereocenters. The number of carbonyl (C=O) groups excluding carboxylic acids is 1. The summed E-state index contributed by atoms with van der Waals surface area (Å²) in [4.78, 5) is 12.6. The minimum atomic E-state index is -0.370. The summed E-state index contributed by atoms with van der Waals surface area (Å²) in [5, 5.41) is -0.370. The van der Waals surface area contributed by atoms with E-state index in [0.717, 1.165) is 14.9 Å². The van der Waals surface area contributed by atoms with Crippen LogP contribution in [0.3, 0.4) is 0 Å². The molecule has 0 saturated heterocycles. The van der Waals surface area contributed by atoms with Crippen LogP contribution in [0.25, 0.3) is 0 Å². The summed E-state index contributed by atoms with van der Waals surface area (Å²) >= 11 is 4.93. The summed E-state index contributed by atoms with van der Waals surface area (Å²) < 4.78 is 0.970. The van der Waals surface area contributed by atoms with E-state index in [1.807, 2.05) is 54.6 Å². The summed E-state index contributed by atoms with van der Waals surface area (Å²) in [6.07, 6.45) is 0. The maximum atomic E-state index is 11.6. The van der Waals surface area contributed by atoms with Gasteiger partial charge in [-0.25, -0.2) is 0 Å². The molecule has 0 fully saturated rings. The van der Waals surface area contributed by atoms with E-state index in [1.54, 1.807) is 0 Å². The summed E-state index contributed by atoms with van der Waals surface area (Å²) in [6.45, 7) is 0. The molecule has 0 bridgehead atoms. The normalized spacial score (nSPS) is 12.1. The van der Waals surface area contributed by atoms with E-state index < -0.39 is 0 Å². The molecule has 2 nitrogen and oxygen atoms in total. The van der Waals surface area contributed by atoms with Crippen molar-refractivity contribution in [1.29, 1.82) is 0 Å². The minimum Gasteiger partial charge on any atom is -0.368 e. The highest BCUT2D eigenvalue weighted by Crippen LogP contribution is 2.38. The molecule has 0 aromatic heterocycles. The molecule has 2 aromatic carbocycles. The van der Waals surface area contributed by atoms with Crippen LogP contribution in [0.2, 0.25) is 0 Å². The van der Waals surface area contributed by atoms with Crippen LogP contribution >= 0.6 is 27.7 Å². The molecular weight excluding hydrogens is 310 g/mol. The number of carbonyl (C=O) groups is 1. The highest BCUT2D eigenvalue weighted by atomic mass is 79.9. The number of benzene rings is 2. The highest BCUT2D eigenvalue weighted by molar-refractivity contribution is 9.10. The van der Waals surface area contributed by atoms with E-state index in [1.165, 1.54) is 11.8 Å². The second kappa shape index (κ2) is 6.07. The lowest BCUT2D eigenvalue weighted by molar-refractivity contribution is -0.117. The predicted molar refractivity (Wildman–Crippen MR) is 78.4 cm³/mol. The van der Waals surface area contributed by atoms with Crippen molar-refractivity contribution >= 4 is 33.6 Å². The van der Waals surface area contributed by atoms with Crippen molar-refractivity contribution in [2.24, 2.45) is 5.73 Å². The van der Waals surface area contributed by atoms with Crippen LogP contribution in [-0.4, -0.2) is 5.91 Å². The average Bonchev–Trinajstić information content (AvgIpc) is 2.38. The molecule has 18 heavy (non-hydrogen) atoms. The predicted octanol–water partition coefficient (Wildman–Crippen LogP) is 3.77. The molecule has 92 valence electrons. The molecule has 2 aromatic rings. The zero-order valence-electron chi connectivity index (χ0n) is 9.55. The third-order valence-corrected chi connectivity index (χ3v) is 4.75. The molecule has 0 radical (unpaired) electrons. The molecule has 0 heterocycles. The summed E-state index contributed by atoms with van der Waals surface area (Å²) in [6, 6.07) is 17.4. The van der Waals surface area contributed by atoms with Crippen molar-refractivity contribution in [2.45, 2.75) is 10.1 Å². The van der Waals surface area contributed by atoms with E-state index in [9.17, 15) is 4.79 Å². The topological polar surface area (TPSA) is 43.1 Å². The van der Waals surface area contributed by atoms with Crippen molar-refractivity contribution in [2.75, 3.05) is 0 Å². The third-order valence-electron chi connectivity index (χ3n) is 2.44. The van der Waals surface area contributed by atoms with Gasteiger partial charge in [0.15, 0.2) is 0 Å². The first-order chi connectivity index (χ1) is 8.68. The maximum Gasteiger partial charge on any atom is 0.235 e. The first-order valence-corrected chi connectivity index (χ1v) is 7.11. The number of hydrogen-bond acceptors (Lipinski definition) is 2. The van der Waals surface area contributed by atoms with Crippen LogP contribution < -0.4 is 5.73 Å². The van der Waals surface area contributed by atoms with Crippen molar-refractivity contribution in [3.8, 4) is 0 Å². The number of hydrogen-bond donors (Lipinski definition) is 1. The molecule has 0 aliphatic heterocycles. The first kappa shape index (κ1) is 13.2. The largest absolute Gasteiger partial charge is 0.368 e. The zero-order chi connectivity index (χ0) is 13.0. The fraction of sp³-hybridized carbons (Fsp3) is 0.0714. The van der Waals surface area contributed by atoms with Crippen LogP contribution in [0.4, 0.5) is 0 Å². The molecule has 2 rings (SSSR count). The van der Waals surface area contributed by atoms with E-state index >= 15 is 0 Å². The Hall–Kier alpha value is -1.26. The van der Waals surface area contributed by atoms with Gasteiger partial charge >= 0.3 is 0 Å². The molecule has 2 N–H and O–H groups in total. The summed E-state index contributed by atoms with van der Waals surface area (Å²) in [5.41, 5.74) is 6.41. The monoisotopic (exact) mass is 321 g/mol. The van der Waals surface area contributed by atoms with Gasteiger partial charge in [-0.15, -0.1) is 11.8 Å². The fourth-order valence-electron chi connectivity index (χ4n) is 1.59. The number of thioether (sulfide) groups is 1. The van der Waals surface area contributed by atoms with Gasteiger partial charge in [0.25, 0.3) is 0 Å². The molecule has 1 amide bonds. The Kier molecular flexibility index (Phi) is 4.44. The third kappa shape index (κ3) is 3.15. The molecule has 0 aliphatic rings. The van der Waals surface area contributed by atoms with Gasteiger partial charge in [-0.2, -0.15) is 0 Å². The Balaban J connectivity index is 2.28. The number of rotatable bonds is 4. The van der Waals surface area contributed by atoms with Gasteiger partial charge in [0.05, 0.1) is 0 Å². The van der Waals surface area contributed by atoms with Crippen molar-refractivity contribution in [3.63, 3.8) is 0 Å². The van der Waals surface area contributed by atoms with Gasteiger partial charge in [0.2, 0.25) is 5.91 Å². The molecule has 4 heteroatoms. The van der Waals surface area contributed by atoms with Gasteiger partial charge < -0.3 is 5.73 Å². The number of amides is 1. The van der Waals surface area contributed by atoms with Crippen LogP contribution in [0.15, 0.2) is 64.0 Å². The fourth-order valence-corrected chi connectivity index (χ4v) is 3.15. The Bertz CT molecular complexity index is 545. The van der Waals surface area contributed by atoms with Crippen molar-refractivity contribution in [3.05, 3.63) is 64.6 Å². The van der Waals surface area contributed by atoms with E-state index in [2.05, 4.69) is 15.9 Å². The Labute approximate surface area is 119 Å². The van der Waals surface area contributed by atoms with Gasteiger partial charge in [-0.05, 0) is 33.6 Å². The number of primary amides is 1. The highest BCUT2D eigenvalue weighted by Gasteiger charge is 2.19. The summed E-state index contributed by atoms with van der Waals surface area (Å²) in [7, 11) is 0. The minimum absolute atomic E-state index is 0.332. The Morgan fingerprint density at radius 2 is 1.67 bits per heavy atom. The quantitative estimate of drug-likeness (QED) is 0.871. The van der Waals surface area contributed by atoms with Gasteiger partial charge in [-0.3, -0.25) is 4.79 Å². The smallest absolute Gasteiger partial charge is 0.235 e. The SMILES string of the molecule is NC(=O)C(Sc1ccccc1Br)c1ccccc1. The van der Waals surface area contributed by atoms with E-state index in [4.69, 9.17) is 5.73 Å². The number of halogens is 1. The zero-order valence-corrected chi connectivity index (χ0v) is 11.9. The summed E-state index contributed by atoms with van der Waals surface area (Å²) in [5.74, 6) is -0.332. The number of nitrogens with two attached hydrogens (primary N) is 1. The molecular formula is C14H12BrNOS. The second-order valence-corrected chi connectivity index (χ2v) is 5.74. The van der Waals surface area contributed by atoms with Gasteiger partial charge in [0.1, 0.15) is 5.25 Å². The van der Waals surface area contributed by atoms with Crippen molar-refractivity contribution in [1.82, 2.24) is 0 Å². The van der Waals surface area contributed by atoms with Crippen LogP contribution in [0, 0.1) is 0 Å². The van der Waals surface area contributed by atoms with E-state index in [-0.39, 0.29) is 11.2 Å². The average molecular weight is 322 g/mol. The Morgan fingerprint density at radius 1 is 1.06 bits per heavy atom. The second-order valence-electron chi connectivity index (χ2n) is 3.74. The van der Waals surface area contributed by atoms with Crippen LogP contribution in [-0.2, 0) is 4.79 Å². The molecule has 1 atom stereocenters. The lowest BCUT2D eigenvalue weighted by Gasteiger charge is -2.14. The van der Waals surface area contributed by atoms with Gasteiger partial charge in [0, 0.05) is 9.37 Å². The maximum absolute atomic E-state index is 11.6. The van der Waals surface area contributed by atoms with Crippen molar-refractivity contribution < 1.29 is 4.79 Å². The standard InChI is InChI=1S/C14H12BrNOS/c15-11-8-4-5-9-12(11)18-13(14(16)17)10-6-2-1-3-7-10/h1-9,13H,(H2,16,17). The molecule has 0 spiro atoms. The molecule has 0 saturated carbocycles. The lowest BCUT2D eigenvalue weighted by Crippen LogP contribution is -2.18. The first-order valence-electron chi connectivity index (χ1n) is 5.44. The van der Waals surface area contributed by atoms with E-state index in [0.29, 0.717) is 0 Å².